The fourth-order valence-corrected chi connectivity index (χ4v) is 3.11. The van der Waals surface area contributed by atoms with Gasteiger partial charge in [0.1, 0.15) is 0 Å². The largest absolute Gasteiger partial charge is 0.327 e. The molecule has 3 N–H and O–H groups in total. The van der Waals surface area contributed by atoms with Crippen molar-refractivity contribution in [3.8, 4) is 0 Å². The highest BCUT2D eigenvalue weighted by Crippen LogP contribution is 2.22. The Kier molecular flexibility index (Phi) is 6.55. The molecule has 0 bridgehead atoms. The van der Waals surface area contributed by atoms with Crippen molar-refractivity contribution in [1.29, 1.82) is 0 Å². The van der Waals surface area contributed by atoms with Gasteiger partial charge >= 0.3 is 0 Å². The molecule has 1 aromatic rings. The molecule has 2 rings (SSSR count). The van der Waals surface area contributed by atoms with Crippen LogP contribution in [0.15, 0.2) is 30.3 Å². The summed E-state index contributed by atoms with van der Waals surface area (Å²) in [6.07, 6.45) is 8.96. The lowest BCUT2D eigenvalue weighted by Gasteiger charge is -2.19. The molecule has 0 aliphatic heterocycles. The van der Waals surface area contributed by atoms with E-state index in [4.69, 9.17) is 5.73 Å². The summed E-state index contributed by atoms with van der Waals surface area (Å²) in [5.41, 5.74) is 7.64. The van der Waals surface area contributed by atoms with E-state index in [1.807, 2.05) is 0 Å². The summed E-state index contributed by atoms with van der Waals surface area (Å²) >= 11 is 0. The molecular formula is C18H30N2. The number of hydrogen-bond donors (Lipinski definition) is 2. The molecule has 112 valence electrons. The van der Waals surface area contributed by atoms with Gasteiger partial charge in [-0.1, -0.05) is 50.1 Å². The summed E-state index contributed by atoms with van der Waals surface area (Å²) < 4.78 is 0. The highest BCUT2D eigenvalue weighted by atomic mass is 14.9. The first kappa shape index (κ1) is 15.5. The second-order valence-corrected chi connectivity index (χ2v) is 6.50. The molecule has 0 spiro atoms. The van der Waals surface area contributed by atoms with Gasteiger partial charge in [0.05, 0.1) is 0 Å². The maximum atomic E-state index is 6.24. The average molecular weight is 274 g/mol. The molecule has 2 nitrogen and oxygen atoms in total. The van der Waals surface area contributed by atoms with E-state index >= 15 is 0 Å². The zero-order chi connectivity index (χ0) is 14.2. The van der Waals surface area contributed by atoms with Gasteiger partial charge in [-0.05, 0) is 43.6 Å². The second kappa shape index (κ2) is 8.43. The Morgan fingerprint density at radius 2 is 1.95 bits per heavy atom. The lowest BCUT2D eigenvalue weighted by Crippen LogP contribution is -2.39. The SMILES string of the molecule is CC1CCCC(NCC(N)CCc2ccccc2)CC1. The van der Waals surface area contributed by atoms with E-state index in [0.717, 1.165) is 25.3 Å². The van der Waals surface area contributed by atoms with Gasteiger partial charge in [0.15, 0.2) is 0 Å². The van der Waals surface area contributed by atoms with Crippen LogP contribution in [0.2, 0.25) is 0 Å². The van der Waals surface area contributed by atoms with Crippen LogP contribution in [0.25, 0.3) is 0 Å². The molecule has 0 saturated heterocycles. The minimum absolute atomic E-state index is 0.274. The van der Waals surface area contributed by atoms with Gasteiger partial charge in [0, 0.05) is 18.6 Å². The van der Waals surface area contributed by atoms with E-state index in [1.165, 1.54) is 37.7 Å². The lowest BCUT2D eigenvalue weighted by molar-refractivity contribution is 0.423. The van der Waals surface area contributed by atoms with Gasteiger partial charge in [-0.2, -0.15) is 0 Å². The maximum absolute atomic E-state index is 6.24. The zero-order valence-electron chi connectivity index (χ0n) is 12.9. The van der Waals surface area contributed by atoms with Crippen LogP contribution in [0.5, 0.6) is 0 Å². The third kappa shape index (κ3) is 5.64. The van der Waals surface area contributed by atoms with Gasteiger partial charge < -0.3 is 11.1 Å². The quantitative estimate of drug-likeness (QED) is 0.779. The number of nitrogens with two attached hydrogens (primary N) is 1. The van der Waals surface area contributed by atoms with Crippen molar-refractivity contribution in [2.45, 2.75) is 64.0 Å². The van der Waals surface area contributed by atoms with E-state index in [9.17, 15) is 0 Å². The Morgan fingerprint density at radius 1 is 1.15 bits per heavy atom. The van der Waals surface area contributed by atoms with Crippen LogP contribution in [0, 0.1) is 5.92 Å². The highest BCUT2D eigenvalue weighted by molar-refractivity contribution is 5.14. The van der Waals surface area contributed by atoms with Crippen molar-refractivity contribution < 1.29 is 0 Å². The first-order chi connectivity index (χ1) is 9.74. The summed E-state index contributed by atoms with van der Waals surface area (Å²) in [7, 11) is 0. The number of nitrogens with one attached hydrogen (secondary N) is 1. The molecule has 0 radical (unpaired) electrons. The van der Waals surface area contributed by atoms with E-state index < -0.39 is 0 Å². The van der Waals surface area contributed by atoms with Gasteiger partial charge in [0.2, 0.25) is 0 Å². The first-order valence-corrected chi connectivity index (χ1v) is 8.27. The van der Waals surface area contributed by atoms with Crippen molar-refractivity contribution in [2.24, 2.45) is 11.7 Å². The maximum Gasteiger partial charge on any atom is 0.0168 e. The third-order valence-electron chi connectivity index (χ3n) is 4.57. The number of benzene rings is 1. The van der Waals surface area contributed by atoms with Crippen LogP contribution in [0.4, 0.5) is 0 Å². The summed E-state index contributed by atoms with van der Waals surface area (Å²) in [6, 6.07) is 11.6. The molecule has 1 aromatic carbocycles. The number of hydrogen-bond acceptors (Lipinski definition) is 2. The standard InChI is InChI=1S/C18H30N2/c1-15-6-5-9-18(13-10-15)20-14-17(19)12-11-16-7-3-2-4-8-16/h2-4,7-8,15,17-18,20H,5-6,9-14,19H2,1H3. The molecule has 1 aliphatic carbocycles. The van der Waals surface area contributed by atoms with E-state index in [-0.39, 0.29) is 6.04 Å². The minimum atomic E-state index is 0.274. The Balaban J connectivity index is 1.63. The predicted octanol–water partition coefficient (Wildman–Crippen LogP) is 3.50. The van der Waals surface area contributed by atoms with Crippen LogP contribution in [0.3, 0.4) is 0 Å². The molecule has 0 aromatic heterocycles. The minimum Gasteiger partial charge on any atom is -0.327 e. The van der Waals surface area contributed by atoms with Crippen LogP contribution in [-0.2, 0) is 6.42 Å². The Morgan fingerprint density at radius 3 is 2.75 bits per heavy atom. The molecule has 2 heteroatoms. The van der Waals surface area contributed by atoms with E-state index in [2.05, 4.69) is 42.6 Å². The second-order valence-electron chi connectivity index (χ2n) is 6.50. The molecule has 20 heavy (non-hydrogen) atoms. The Bertz CT molecular complexity index is 363. The van der Waals surface area contributed by atoms with Crippen LogP contribution < -0.4 is 11.1 Å². The van der Waals surface area contributed by atoms with Gasteiger partial charge in [-0.15, -0.1) is 0 Å². The van der Waals surface area contributed by atoms with Crippen LogP contribution in [-0.4, -0.2) is 18.6 Å². The van der Waals surface area contributed by atoms with Crippen molar-refractivity contribution >= 4 is 0 Å². The Labute approximate surface area is 124 Å². The smallest absolute Gasteiger partial charge is 0.0168 e. The molecule has 1 fully saturated rings. The van der Waals surface area contributed by atoms with E-state index in [0.29, 0.717) is 6.04 Å². The van der Waals surface area contributed by atoms with Crippen molar-refractivity contribution in [3.05, 3.63) is 35.9 Å². The fraction of sp³-hybridized carbons (Fsp3) is 0.667. The third-order valence-corrected chi connectivity index (χ3v) is 4.57. The highest BCUT2D eigenvalue weighted by Gasteiger charge is 2.16. The van der Waals surface area contributed by atoms with E-state index in [1.54, 1.807) is 0 Å². The summed E-state index contributed by atoms with van der Waals surface area (Å²) in [5.74, 6) is 0.911. The number of aryl methyl sites for hydroxylation is 1. The molecular weight excluding hydrogens is 244 g/mol. The molecule has 3 atom stereocenters. The zero-order valence-corrected chi connectivity index (χ0v) is 12.9. The monoisotopic (exact) mass is 274 g/mol. The molecule has 0 heterocycles. The van der Waals surface area contributed by atoms with Gasteiger partial charge in [0.25, 0.3) is 0 Å². The first-order valence-electron chi connectivity index (χ1n) is 8.27. The molecule has 1 saturated carbocycles. The summed E-state index contributed by atoms with van der Waals surface area (Å²) in [4.78, 5) is 0. The summed E-state index contributed by atoms with van der Waals surface area (Å²) in [6.45, 7) is 3.35. The predicted molar refractivity (Wildman–Crippen MR) is 86.8 cm³/mol. The fourth-order valence-electron chi connectivity index (χ4n) is 3.11. The van der Waals surface area contributed by atoms with Gasteiger partial charge in [-0.25, -0.2) is 0 Å². The number of rotatable bonds is 6. The van der Waals surface area contributed by atoms with Gasteiger partial charge in [-0.3, -0.25) is 0 Å². The van der Waals surface area contributed by atoms with Crippen molar-refractivity contribution in [2.75, 3.05) is 6.54 Å². The topological polar surface area (TPSA) is 38.0 Å². The summed E-state index contributed by atoms with van der Waals surface area (Å²) in [5, 5.41) is 3.69. The van der Waals surface area contributed by atoms with Crippen LogP contribution >= 0.6 is 0 Å². The Hall–Kier alpha value is -0.860. The normalized spacial score (nSPS) is 25.1. The molecule has 0 amide bonds. The van der Waals surface area contributed by atoms with Crippen molar-refractivity contribution in [3.63, 3.8) is 0 Å². The van der Waals surface area contributed by atoms with Crippen molar-refractivity contribution in [1.82, 2.24) is 5.32 Å². The molecule has 1 aliphatic rings. The molecule has 3 unspecified atom stereocenters. The average Bonchev–Trinajstić information content (AvgIpc) is 2.68. The lowest BCUT2D eigenvalue weighted by atomic mass is 10.0. The van der Waals surface area contributed by atoms with Crippen LogP contribution in [0.1, 0.15) is 51.0 Å².